The van der Waals surface area contributed by atoms with Crippen LogP contribution in [0.2, 0.25) is 0 Å². The Morgan fingerprint density at radius 3 is 2.68 bits per heavy atom. The summed E-state index contributed by atoms with van der Waals surface area (Å²) >= 11 is 5.12. The van der Waals surface area contributed by atoms with Gasteiger partial charge in [-0.3, -0.25) is 0 Å². The van der Waals surface area contributed by atoms with Crippen LogP contribution in [-0.4, -0.2) is 48.0 Å². The summed E-state index contributed by atoms with van der Waals surface area (Å²) < 4.78 is 1.06. The Morgan fingerprint density at radius 1 is 1.47 bits per heavy atom. The van der Waals surface area contributed by atoms with Gasteiger partial charge in [0.25, 0.3) is 0 Å². The largest absolute Gasteiger partial charge is 0.395 e. The molecular weight excluding hydrogens is 328 g/mol. The number of carbonyl (C=O) groups excluding carboxylic acids is 1. The van der Waals surface area contributed by atoms with E-state index in [0.29, 0.717) is 13.1 Å². The molecule has 1 rings (SSSR count). The second kappa shape index (κ2) is 8.45. The normalized spacial score (nSPS) is 12.0. The van der Waals surface area contributed by atoms with Crippen molar-refractivity contribution in [2.75, 3.05) is 26.7 Å². The summed E-state index contributed by atoms with van der Waals surface area (Å²) in [7, 11) is 1.66. The summed E-state index contributed by atoms with van der Waals surface area (Å²) in [6.45, 7) is 2.99. The highest BCUT2D eigenvalue weighted by atomic mass is 79.9. The minimum Gasteiger partial charge on any atom is -0.395 e. The lowest BCUT2D eigenvalue weighted by Crippen LogP contribution is -2.40. The number of amides is 2. The van der Waals surface area contributed by atoms with E-state index in [1.165, 1.54) is 9.80 Å². The first-order valence-corrected chi connectivity index (χ1v) is 7.72. The average Bonchev–Trinajstić information content (AvgIpc) is 2.39. The standard InChI is InChI=1S/C13H19BrN2O2S/c1-10(9-15-13(18)16(2)7-8-17)19-12-5-3-11(14)4-6-12/h3-6,10,17H,7-9H2,1-2H3,(H,15,18)/t10-/m1/s1. The van der Waals surface area contributed by atoms with Gasteiger partial charge >= 0.3 is 6.03 Å². The molecule has 0 aromatic heterocycles. The molecule has 0 saturated heterocycles. The van der Waals surface area contributed by atoms with Crippen molar-refractivity contribution in [3.8, 4) is 0 Å². The lowest BCUT2D eigenvalue weighted by atomic mass is 10.4. The van der Waals surface area contributed by atoms with E-state index in [1.807, 2.05) is 24.3 Å². The first-order valence-electron chi connectivity index (χ1n) is 6.05. The topological polar surface area (TPSA) is 52.6 Å². The number of nitrogens with zero attached hydrogens (tertiary/aromatic N) is 1. The van der Waals surface area contributed by atoms with Crippen LogP contribution in [0.3, 0.4) is 0 Å². The minimum absolute atomic E-state index is 0.0207. The molecule has 0 unspecified atom stereocenters. The van der Waals surface area contributed by atoms with Crippen LogP contribution < -0.4 is 5.32 Å². The van der Waals surface area contributed by atoms with Gasteiger partial charge in [0.05, 0.1) is 6.61 Å². The van der Waals surface area contributed by atoms with Gasteiger partial charge in [0, 0.05) is 34.8 Å². The number of nitrogens with one attached hydrogen (secondary N) is 1. The molecule has 0 bridgehead atoms. The summed E-state index contributed by atoms with van der Waals surface area (Å²) in [5.74, 6) is 0. The number of aliphatic hydroxyl groups excluding tert-OH is 1. The van der Waals surface area contributed by atoms with Crippen molar-refractivity contribution >= 4 is 33.7 Å². The Bertz CT molecular complexity index is 400. The van der Waals surface area contributed by atoms with Gasteiger partial charge in [-0.15, -0.1) is 11.8 Å². The number of aliphatic hydroxyl groups is 1. The van der Waals surface area contributed by atoms with Crippen LogP contribution in [0.25, 0.3) is 0 Å². The molecule has 0 aliphatic carbocycles. The number of rotatable bonds is 6. The maximum Gasteiger partial charge on any atom is 0.317 e. The summed E-state index contributed by atoms with van der Waals surface area (Å²) in [5.41, 5.74) is 0. The predicted molar refractivity (Wildman–Crippen MR) is 82.6 cm³/mol. The van der Waals surface area contributed by atoms with Crippen LogP contribution in [0.1, 0.15) is 6.92 Å². The molecule has 0 spiro atoms. The number of halogens is 1. The van der Waals surface area contributed by atoms with E-state index in [4.69, 9.17) is 5.11 Å². The van der Waals surface area contributed by atoms with Crippen molar-refractivity contribution in [3.63, 3.8) is 0 Å². The number of carbonyl (C=O) groups is 1. The van der Waals surface area contributed by atoms with Crippen LogP contribution in [0.4, 0.5) is 4.79 Å². The highest BCUT2D eigenvalue weighted by Gasteiger charge is 2.10. The summed E-state index contributed by atoms with van der Waals surface area (Å²) in [5, 5.41) is 11.9. The fourth-order valence-corrected chi connectivity index (χ4v) is 2.59. The molecule has 0 heterocycles. The smallest absolute Gasteiger partial charge is 0.317 e. The fraction of sp³-hybridized carbons (Fsp3) is 0.462. The zero-order valence-electron chi connectivity index (χ0n) is 11.1. The SMILES string of the molecule is C[C@H](CNC(=O)N(C)CCO)Sc1ccc(Br)cc1. The number of hydrogen-bond donors (Lipinski definition) is 2. The zero-order valence-corrected chi connectivity index (χ0v) is 13.5. The summed E-state index contributed by atoms with van der Waals surface area (Å²) in [6.07, 6.45) is 0. The number of thioether (sulfide) groups is 1. The van der Waals surface area contributed by atoms with Gasteiger partial charge in [-0.1, -0.05) is 22.9 Å². The molecule has 0 fully saturated rings. The summed E-state index contributed by atoms with van der Waals surface area (Å²) in [6, 6.07) is 7.94. The molecule has 1 aromatic carbocycles. The molecule has 2 amide bonds. The minimum atomic E-state index is -0.155. The molecule has 19 heavy (non-hydrogen) atoms. The van der Waals surface area contributed by atoms with Crippen LogP contribution in [0.15, 0.2) is 33.6 Å². The Balaban J connectivity index is 2.33. The molecule has 0 radical (unpaired) electrons. The van der Waals surface area contributed by atoms with Crippen molar-refractivity contribution < 1.29 is 9.90 Å². The molecule has 1 atom stereocenters. The highest BCUT2D eigenvalue weighted by Crippen LogP contribution is 2.24. The van der Waals surface area contributed by atoms with Crippen LogP contribution in [-0.2, 0) is 0 Å². The van der Waals surface area contributed by atoms with Gasteiger partial charge in [-0.2, -0.15) is 0 Å². The number of hydrogen-bond acceptors (Lipinski definition) is 3. The second-order valence-corrected chi connectivity index (χ2v) is 6.64. The third-order valence-corrected chi connectivity index (χ3v) is 4.12. The van der Waals surface area contributed by atoms with Gasteiger partial charge in [0.2, 0.25) is 0 Å². The Hall–Kier alpha value is -0.720. The highest BCUT2D eigenvalue weighted by molar-refractivity contribution is 9.10. The first-order chi connectivity index (χ1) is 9.02. The van der Waals surface area contributed by atoms with Gasteiger partial charge < -0.3 is 15.3 Å². The maximum atomic E-state index is 11.6. The molecule has 4 nitrogen and oxygen atoms in total. The third-order valence-electron chi connectivity index (χ3n) is 2.47. The van der Waals surface area contributed by atoms with E-state index in [0.717, 1.165) is 4.47 Å². The maximum absolute atomic E-state index is 11.6. The zero-order chi connectivity index (χ0) is 14.3. The van der Waals surface area contributed by atoms with Gasteiger partial charge in [-0.05, 0) is 24.3 Å². The van der Waals surface area contributed by atoms with Crippen molar-refractivity contribution in [2.24, 2.45) is 0 Å². The van der Waals surface area contributed by atoms with E-state index in [2.05, 4.69) is 28.2 Å². The quantitative estimate of drug-likeness (QED) is 0.778. The van der Waals surface area contributed by atoms with Crippen molar-refractivity contribution in [2.45, 2.75) is 17.1 Å². The van der Waals surface area contributed by atoms with Crippen molar-refractivity contribution in [3.05, 3.63) is 28.7 Å². The molecular formula is C13H19BrN2O2S. The van der Waals surface area contributed by atoms with E-state index in [9.17, 15) is 4.79 Å². The van der Waals surface area contributed by atoms with Crippen molar-refractivity contribution in [1.82, 2.24) is 10.2 Å². The number of benzene rings is 1. The summed E-state index contributed by atoms with van der Waals surface area (Å²) in [4.78, 5) is 14.3. The number of likely N-dealkylation sites (N-methyl/N-ethyl adjacent to an activating group) is 1. The van der Waals surface area contributed by atoms with Gasteiger partial charge in [0.15, 0.2) is 0 Å². The Morgan fingerprint density at radius 2 is 2.11 bits per heavy atom. The van der Waals surface area contributed by atoms with Crippen LogP contribution in [0.5, 0.6) is 0 Å². The molecule has 0 saturated carbocycles. The molecule has 0 aliphatic rings. The molecule has 0 aliphatic heterocycles. The van der Waals surface area contributed by atoms with E-state index < -0.39 is 0 Å². The lowest BCUT2D eigenvalue weighted by molar-refractivity contribution is 0.190. The molecule has 1 aromatic rings. The average molecular weight is 347 g/mol. The Labute approximate surface area is 126 Å². The third kappa shape index (κ3) is 6.31. The molecule has 106 valence electrons. The second-order valence-electron chi connectivity index (χ2n) is 4.21. The van der Waals surface area contributed by atoms with Gasteiger partial charge in [-0.25, -0.2) is 4.79 Å². The number of urea groups is 1. The Kier molecular flexibility index (Phi) is 7.27. The van der Waals surface area contributed by atoms with E-state index in [1.54, 1.807) is 18.8 Å². The van der Waals surface area contributed by atoms with Gasteiger partial charge in [0.1, 0.15) is 0 Å². The first kappa shape index (κ1) is 16.3. The fourth-order valence-electron chi connectivity index (χ4n) is 1.40. The van der Waals surface area contributed by atoms with Crippen LogP contribution >= 0.6 is 27.7 Å². The predicted octanol–water partition coefficient (Wildman–Crippen LogP) is 2.56. The molecule has 2 N–H and O–H groups in total. The van der Waals surface area contributed by atoms with E-state index in [-0.39, 0.29) is 17.9 Å². The lowest BCUT2D eigenvalue weighted by Gasteiger charge is -2.18. The molecule has 6 heteroatoms. The van der Waals surface area contributed by atoms with Crippen LogP contribution in [0, 0.1) is 0 Å². The van der Waals surface area contributed by atoms with E-state index >= 15 is 0 Å². The monoisotopic (exact) mass is 346 g/mol. The van der Waals surface area contributed by atoms with Crippen molar-refractivity contribution in [1.29, 1.82) is 0 Å².